The van der Waals surface area contributed by atoms with Crippen LogP contribution in [0, 0.1) is 19.3 Å². The lowest BCUT2D eigenvalue weighted by atomic mass is 10.0. The Labute approximate surface area is 140 Å². The number of aliphatic carboxylic acids is 1. The number of carbonyl (C=O) groups is 2. The lowest BCUT2D eigenvalue weighted by molar-refractivity contribution is -0.149. The molecule has 3 rings (SSSR count). The Morgan fingerprint density at radius 2 is 1.88 bits per heavy atom. The molecule has 6 nitrogen and oxygen atoms in total. The van der Waals surface area contributed by atoms with Crippen molar-refractivity contribution in [1.82, 2.24) is 15.1 Å². The van der Waals surface area contributed by atoms with E-state index in [-0.39, 0.29) is 6.04 Å². The summed E-state index contributed by atoms with van der Waals surface area (Å²) in [4.78, 5) is 23.4. The maximum Gasteiger partial charge on any atom is 0.319 e. The number of rotatable bonds is 5. The second-order valence-corrected chi connectivity index (χ2v) is 6.51. The van der Waals surface area contributed by atoms with Crippen molar-refractivity contribution in [1.29, 1.82) is 0 Å². The molecule has 1 aromatic carbocycles. The van der Waals surface area contributed by atoms with Gasteiger partial charge in [0.25, 0.3) is 0 Å². The molecule has 1 atom stereocenters. The highest BCUT2D eigenvalue weighted by Crippen LogP contribution is 2.46. The molecule has 1 heterocycles. The number of carbonyl (C=O) groups excluding carboxylic acids is 1. The zero-order chi connectivity index (χ0) is 17.5. The van der Waals surface area contributed by atoms with Gasteiger partial charge >= 0.3 is 5.97 Å². The highest BCUT2D eigenvalue weighted by atomic mass is 16.4. The van der Waals surface area contributed by atoms with Gasteiger partial charge in [-0.1, -0.05) is 12.1 Å². The summed E-state index contributed by atoms with van der Waals surface area (Å²) in [5, 5.41) is 16.4. The molecule has 1 aliphatic carbocycles. The van der Waals surface area contributed by atoms with Crippen LogP contribution in [-0.4, -0.2) is 26.8 Å². The van der Waals surface area contributed by atoms with Crippen LogP contribution >= 0.6 is 0 Å². The maximum absolute atomic E-state index is 12.2. The molecule has 6 heteroatoms. The van der Waals surface area contributed by atoms with Crippen molar-refractivity contribution in [2.45, 2.75) is 39.7 Å². The Hall–Kier alpha value is -2.63. The summed E-state index contributed by atoms with van der Waals surface area (Å²) in [7, 11) is 0. The first-order chi connectivity index (χ1) is 11.3. The van der Waals surface area contributed by atoms with E-state index in [1.807, 2.05) is 55.8 Å². The SMILES string of the molecule is Cc1cc(C)n(-c2ccc(C(C)NC(=O)C3(C(=O)O)CC3)cc2)n1. The van der Waals surface area contributed by atoms with Crippen LogP contribution < -0.4 is 5.32 Å². The zero-order valence-electron chi connectivity index (χ0n) is 14.0. The van der Waals surface area contributed by atoms with Gasteiger partial charge in [0, 0.05) is 5.69 Å². The Bertz CT molecular complexity index is 788. The van der Waals surface area contributed by atoms with Gasteiger partial charge in [-0.05, 0) is 57.4 Å². The zero-order valence-corrected chi connectivity index (χ0v) is 14.0. The third kappa shape index (κ3) is 2.79. The summed E-state index contributed by atoms with van der Waals surface area (Å²) in [6, 6.07) is 9.51. The van der Waals surface area contributed by atoms with Gasteiger partial charge in [0.05, 0.1) is 17.4 Å². The summed E-state index contributed by atoms with van der Waals surface area (Å²) in [6.07, 6.45) is 0.829. The quantitative estimate of drug-likeness (QED) is 0.827. The van der Waals surface area contributed by atoms with Gasteiger partial charge in [-0.15, -0.1) is 0 Å². The molecular weight excluding hydrogens is 306 g/mol. The molecule has 0 bridgehead atoms. The number of aryl methyl sites for hydroxylation is 2. The van der Waals surface area contributed by atoms with E-state index in [4.69, 9.17) is 0 Å². The lowest BCUT2D eigenvalue weighted by Gasteiger charge is -2.18. The smallest absolute Gasteiger partial charge is 0.319 e. The van der Waals surface area contributed by atoms with Crippen LogP contribution in [0.15, 0.2) is 30.3 Å². The predicted octanol–water partition coefficient (Wildman–Crippen LogP) is 2.53. The molecule has 1 aromatic heterocycles. The van der Waals surface area contributed by atoms with E-state index in [0.717, 1.165) is 22.6 Å². The number of hydrogen-bond acceptors (Lipinski definition) is 3. The van der Waals surface area contributed by atoms with E-state index in [1.165, 1.54) is 0 Å². The molecule has 1 fully saturated rings. The second-order valence-electron chi connectivity index (χ2n) is 6.51. The average Bonchev–Trinajstić information content (AvgIpc) is 3.28. The van der Waals surface area contributed by atoms with E-state index >= 15 is 0 Å². The Balaban J connectivity index is 1.72. The second kappa shape index (κ2) is 5.78. The van der Waals surface area contributed by atoms with E-state index in [2.05, 4.69) is 10.4 Å². The molecule has 1 aliphatic rings. The van der Waals surface area contributed by atoms with Crippen LogP contribution in [0.3, 0.4) is 0 Å². The number of amides is 1. The minimum atomic E-state index is -1.21. The first-order valence-electron chi connectivity index (χ1n) is 8.01. The topological polar surface area (TPSA) is 84.2 Å². The number of benzene rings is 1. The highest BCUT2D eigenvalue weighted by Gasteiger charge is 2.57. The van der Waals surface area contributed by atoms with Crippen LogP contribution in [0.4, 0.5) is 0 Å². The largest absolute Gasteiger partial charge is 0.480 e. The predicted molar refractivity (Wildman–Crippen MR) is 88.9 cm³/mol. The van der Waals surface area contributed by atoms with Crippen molar-refractivity contribution in [3.63, 3.8) is 0 Å². The van der Waals surface area contributed by atoms with E-state index in [9.17, 15) is 14.7 Å². The molecule has 0 aliphatic heterocycles. The van der Waals surface area contributed by atoms with Crippen LogP contribution in [0.5, 0.6) is 0 Å². The van der Waals surface area contributed by atoms with Gasteiger partial charge in [-0.2, -0.15) is 5.10 Å². The Kier molecular flexibility index (Phi) is 3.91. The molecule has 1 saturated carbocycles. The molecule has 24 heavy (non-hydrogen) atoms. The lowest BCUT2D eigenvalue weighted by Crippen LogP contribution is -2.38. The molecule has 2 aromatic rings. The summed E-state index contributed by atoms with van der Waals surface area (Å²) < 4.78 is 1.87. The van der Waals surface area contributed by atoms with Crippen LogP contribution in [0.2, 0.25) is 0 Å². The fourth-order valence-corrected chi connectivity index (χ4v) is 2.88. The molecule has 1 unspecified atom stereocenters. The molecule has 126 valence electrons. The van der Waals surface area contributed by atoms with Gasteiger partial charge in [0.15, 0.2) is 0 Å². The van der Waals surface area contributed by atoms with Gasteiger partial charge in [-0.25, -0.2) is 4.68 Å². The fourth-order valence-electron chi connectivity index (χ4n) is 2.88. The average molecular weight is 327 g/mol. The molecule has 2 N–H and O–H groups in total. The minimum absolute atomic E-state index is 0.246. The number of nitrogens with zero attached hydrogens (tertiary/aromatic N) is 2. The third-order valence-electron chi connectivity index (χ3n) is 4.59. The summed E-state index contributed by atoms with van der Waals surface area (Å²) in [5.74, 6) is -1.43. The monoisotopic (exact) mass is 327 g/mol. The van der Waals surface area contributed by atoms with Crippen molar-refractivity contribution in [3.05, 3.63) is 47.3 Å². The number of hydrogen-bond donors (Lipinski definition) is 2. The Morgan fingerprint density at radius 1 is 1.25 bits per heavy atom. The molecule has 1 amide bonds. The number of nitrogens with one attached hydrogen (secondary N) is 1. The number of carboxylic acids is 1. The molecular formula is C18H21N3O3. The highest BCUT2D eigenvalue weighted by molar-refractivity contribution is 6.04. The van der Waals surface area contributed by atoms with Crippen LogP contribution in [-0.2, 0) is 9.59 Å². The summed E-state index contributed by atoms with van der Waals surface area (Å²) in [5.41, 5.74) is 2.68. The number of aromatic nitrogens is 2. The maximum atomic E-state index is 12.2. The van der Waals surface area contributed by atoms with Crippen molar-refractivity contribution < 1.29 is 14.7 Å². The molecule has 0 saturated heterocycles. The fraction of sp³-hybridized carbons (Fsp3) is 0.389. The van der Waals surface area contributed by atoms with Crippen molar-refractivity contribution >= 4 is 11.9 Å². The minimum Gasteiger partial charge on any atom is -0.480 e. The standard InChI is InChI=1S/C18H21N3O3/c1-11-10-12(2)21(20-11)15-6-4-14(5-7-15)13(3)19-16(22)18(8-9-18)17(23)24/h4-7,10,13H,8-9H2,1-3H3,(H,19,22)(H,23,24). The van der Waals surface area contributed by atoms with Gasteiger partial charge < -0.3 is 10.4 Å². The third-order valence-corrected chi connectivity index (χ3v) is 4.59. The summed E-state index contributed by atoms with van der Waals surface area (Å²) in [6.45, 7) is 5.80. The number of carboxylic acid groups (broad SMARTS) is 1. The van der Waals surface area contributed by atoms with Gasteiger partial charge in [0.2, 0.25) is 5.91 Å². The van der Waals surface area contributed by atoms with Crippen molar-refractivity contribution in [2.75, 3.05) is 0 Å². The van der Waals surface area contributed by atoms with E-state index < -0.39 is 17.3 Å². The van der Waals surface area contributed by atoms with Crippen LogP contribution in [0.1, 0.15) is 42.8 Å². The van der Waals surface area contributed by atoms with E-state index in [0.29, 0.717) is 12.8 Å². The van der Waals surface area contributed by atoms with Crippen molar-refractivity contribution in [2.24, 2.45) is 5.41 Å². The normalized spacial score (nSPS) is 16.5. The van der Waals surface area contributed by atoms with Gasteiger partial charge in [0.1, 0.15) is 5.41 Å². The molecule has 0 radical (unpaired) electrons. The van der Waals surface area contributed by atoms with Gasteiger partial charge in [-0.3, -0.25) is 9.59 Å². The first kappa shape index (κ1) is 16.2. The van der Waals surface area contributed by atoms with Crippen LogP contribution in [0.25, 0.3) is 5.69 Å². The molecule has 0 spiro atoms. The Morgan fingerprint density at radius 3 is 2.33 bits per heavy atom. The summed E-state index contributed by atoms with van der Waals surface area (Å²) >= 11 is 0. The van der Waals surface area contributed by atoms with E-state index in [1.54, 1.807) is 0 Å². The first-order valence-corrected chi connectivity index (χ1v) is 8.01. The van der Waals surface area contributed by atoms with Crippen molar-refractivity contribution in [3.8, 4) is 5.69 Å².